The van der Waals surface area contributed by atoms with E-state index >= 15 is 0 Å². The van der Waals surface area contributed by atoms with E-state index in [1.54, 1.807) is 0 Å². The highest BCUT2D eigenvalue weighted by Crippen LogP contribution is 2.34. The molecule has 0 amide bonds. The van der Waals surface area contributed by atoms with Crippen molar-refractivity contribution in [2.45, 2.75) is 25.1 Å². The van der Waals surface area contributed by atoms with E-state index < -0.39 is 23.3 Å². The Kier molecular flexibility index (Phi) is 4.41. The standard InChI is InChI=1S/C14H17F3N2O2/c1-19-6-2-3-10(8-19)18-9-4-5-11(13(20)21)12(7-9)14(15,16)17/h4-5,7,10,18H,2-3,6,8H2,1H3,(H,20,21). The number of halogens is 3. The summed E-state index contributed by atoms with van der Waals surface area (Å²) in [6.45, 7) is 1.73. The third kappa shape index (κ3) is 3.87. The quantitative estimate of drug-likeness (QED) is 0.901. The van der Waals surface area contributed by atoms with Crippen LogP contribution in [-0.2, 0) is 6.18 Å². The van der Waals surface area contributed by atoms with E-state index in [9.17, 15) is 18.0 Å². The van der Waals surface area contributed by atoms with Crippen LogP contribution >= 0.6 is 0 Å². The molecule has 1 heterocycles. The lowest BCUT2D eigenvalue weighted by Gasteiger charge is -2.31. The maximum Gasteiger partial charge on any atom is 0.417 e. The molecule has 0 saturated carbocycles. The Balaban J connectivity index is 2.23. The van der Waals surface area contributed by atoms with Gasteiger partial charge in [0, 0.05) is 18.3 Å². The summed E-state index contributed by atoms with van der Waals surface area (Å²) in [4.78, 5) is 13.0. The van der Waals surface area contributed by atoms with Gasteiger partial charge in [0.25, 0.3) is 0 Å². The number of likely N-dealkylation sites (N-methyl/N-ethyl adjacent to an activating group) is 1. The first-order valence-corrected chi connectivity index (χ1v) is 6.67. The van der Waals surface area contributed by atoms with Crippen LogP contribution < -0.4 is 5.32 Å². The molecule has 1 aliphatic heterocycles. The summed E-state index contributed by atoms with van der Waals surface area (Å²) >= 11 is 0. The van der Waals surface area contributed by atoms with Crippen molar-refractivity contribution in [3.8, 4) is 0 Å². The van der Waals surface area contributed by atoms with Gasteiger partial charge in [0.2, 0.25) is 0 Å². The lowest BCUT2D eigenvalue weighted by Crippen LogP contribution is -2.39. The molecule has 4 nitrogen and oxygen atoms in total. The fourth-order valence-corrected chi connectivity index (χ4v) is 2.57. The van der Waals surface area contributed by atoms with Crippen molar-refractivity contribution in [2.24, 2.45) is 0 Å². The molecule has 116 valence electrons. The smallest absolute Gasteiger partial charge is 0.417 e. The molecule has 7 heteroatoms. The van der Waals surface area contributed by atoms with Crippen LogP contribution in [0.1, 0.15) is 28.8 Å². The van der Waals surface area contributed by atoms with Crippen molar-refractivity contribution in [3.63, 3.8) is 0 Å². The molecule has 0 radical (unpaired) electrons. The topological polar surface area (TPSA) is 52.6 Å². The van der Waals surface area contributed by atoms with Crippen LogP contribution in [0.5, 0.6) is 0 Å². The lowest BCUT2D eigenvalue weighted by atomic mass is 10.0. The van der Waals surface area contributed by atoms with E-state index in [0.29, 0.717) is 5.69 Å². The molecule has 1 aliphatic rings. The zero-order valence-corrected chi connectivity index (χ0v) is 11.6. The van der Waals surface area contributed by atoms with Crippen molar-refractivity contribution >= 4 is 11.7 Å². The number of piperidine rings is 1. The van der Waals surface area contributed by atoms with Crippen LogP contribution in [0.3, 0.4) is 0 Å². The first-order chi connectivity index (χ1) is 9.77. The van der Waals surface area contributed by atoms with Gasteiger partial charge in [-0.05, 0) is 44.6 Å². The number of hydrogen-bond acceptors (Lipinski definition) is 3. The lowest BCUT2D eigenvalue weighted by molar-refractivity contribution is -0.138. The second-order valence-electron chi connectivity index (χ2n) is 5.31. The van der Waals surface area contributed by atoms with E-state index in [-0.39, 0.29) is 6.04 Å². The Morgan fingerprint density at radius 2 is 2.14 bits per heavy atom. The maximum absolute atomic E-state index is 12.9. The number of rotatable bonds is 3. The number of aromatic carboxylic acids is 1. The second kappa shape index (κ2) is 5.93. The van der Waals surface area contributed by atoms with Gasteiger partial charge in [0.05, 0.1) is 11.1 Å². The summed E-state index contributed by atoms with van der Waals surface area (Å²) < 4.78 is 38.8. The van der Waals surface area contributed by atoms with Crippen LogP contribution in [0, 0.1) is 0 Å². The molecular formula is C14H17F3N2O2. The van der Waals surface area contributed by atoms with Gasteiger partial charge in [-0.1, -0.05) is 0 Å². The third-order valence-corrected chi connectivity index (χ3v) is 3.55. The summed E-state index contributed by atoms with van der Waals surface area (Å²) in [6.07, 6.45) is -2.82. The Labute approximate surface area is 120 Å². The highest BCUT2D eigenvalue weighted by Gasteiger charge is 2.35. The molecule has 2 rings (SSSR count). The van der Waals surface area contributed by atoms with Crippen LogP contribution in [0.15, 0.2) is 18.2 Å². The number of carboxylic acids is 1. The predicted octanol–water partition coefficient (Wildman–Crippen LogP) is 2.91. The van der Waals surface area contributed by atoms with E-state index in [0.717, 1.165) is 38.1 Å². The second-order valence-corrected chi connectivity index (χ2v) is 5.31. The first-order valence-electron chi connectivity index (χ1n) is 6.67. The number of carbonyl (C=O) groups is 1. The van der Waals surface area contributed by atoms with E-state index in [2.05, 4.69) is 10.2 Å². The van der Waals surface area contributed by atoms with E-state index in [1.165, 1.54) is 6.07 Å². The van der Waals surface area contributed by atoms with E-state index in [4.69, 9.17) is 5.11 Å². The fraction of sp³-hybridized carbons (Fsp3) is 0.500. The minimum absolute atomic E-state index is 0.0699. The van der Waals surface area contributed by atoms with Gasteiger partial charge in [-0.25, -0.2) is 4.79 Å². The molecular weight excluding hydrogens is 285 g/mol. The first kappa shape index (κ1) is 15.6. The van der Waals surface area contributed by atoms with Crippen LogP contribution in [0.25, 0.3) is 0 Å². The molecule has 1 unspecified atom stereocenters. The average molecular weight is 302 g/mol. The molecule has 1 fully saturated rings. The summed E-state index contributed by atoms with van der Waals surface area (Å²) in [5.41, 5.74) is -1.55. The largest absolute Gasteiger partial charge is 0.478 e. The van der Waals surface area contributed by atoms with Crippen molar-refractivity contribution in [1.29, 1.82) is 0 Å². The molecule has 0 spiro atoms. The van der Waals surface area contributed by atoms with E-state index in [1.807, 2.05) is 7.05 Å². The van der Waals surface area contributed by atoms with Crippen LogP contribution in [0.4, 0.5) is 18.9 Å². The number of benzene rings is 1. The zero-order valence-electron chi connectivity index (χ0n) is 11.6. The van der Waals surface area contributed by atoms with Gasteiger partial charge in [-0.15, -0.1) is 0 Å². The maximum atomic E-state index is 12.9. The SMILES string of the molecule is CN1CCCC(Nc2ccc(C(=O)O)c(C(F)(F)F)c2)C1. The number of nitrogens with one attached hydrogen (secondary N) is 1. The zero-order chi connectivity index (χ0) is 15.6. The molecule has 1 atom stereocenters. The summed E-state index contributed by atoms with van der Waals surface area (Å²) in [7, 11) is 1.96. The fourth-order valence-electron chi connectivity index (χ4n) is 2.57. The summed E-state index contributed by atoms with van der Waals surface area (Å²) in [5, 5.41) is 11.9. The van der Waals surface area contributed by atoms with Crippen molar-refractivity contribution in [1.82, 2.24) is 4.90 Å². The molecule has 0 bridgehead atoms. The normalized spacial score (nSPS) is 20.3. The van der Waals surface area contributed by atoms with Crippen molar-refractivity contribution < 1.29 is 23.1 Å². The molecule has 0 aliphatic carbocycles. The minimum atomic E-state index is -4.69. The van der Waals surface area contributed by atoms with Crippen LogP contribution in [-0.4, -0.2) is 42.2 Å². The predicted molar refractivity (Wildman–Crippen MR) is 72.5 cm³/mol. The number of hydrogen-bond donors (Lipinski definition) is 2. The number of nitrogens with zero attached hydrogens (tertiary/aromatic N) is 1. The summed E-state index contributed by atoms with van der Waals surface area (Å²) in [5.74, 6) is -1.58. The number of anilines is 1. The molecule has 2 N–H and O–H groups in total. The number of likely N-dealkylation sites (tertiary alicyclic amines) is 1. The van der Waals surface area contributed by atoms with Crippen molar-refractivity contribution in [3.05, 3.63) is 29.3 Å². The number of alkyl halides is 3. The Morgan fingerprint density at radius 1 is 1.43 bits per heavy atom. The van der Waals surface area contributed by atoms with Gasteiger partial charge in [-0.3, -0.25) is 0 Å². The highest BCUT2D eigenvalue weighted by atomic mass is 19.4. The molecule has 1 saturated heterocycles. The average Bonchev–Trinajstić information content (AvgIpc) is 2.37. The monoisotopic (exact) mass is 302 g/mol. The van der Waals surface area contributed by atoms with Gasteiger partial charge in [0.15, 0.2) is 0 Å². The highest BCUT2D eigenvalue weighted by molar-refractivity contribution is 5.90. The molecule has 21 heavy (non-hydrogen) atoms. The van der Waals surface area contributed by atoms with Gasteiger partial charge in [0.1, 0.15) is 0 Å². The van der Waals surface area contributed by atoms with Crippen LogP contribution in [0.2, 0.25) is 0 Å². The number of carboxylic acid groups (broad SMARTS) is 1. The third-order valence-electron chi connectivity index (χ3n) is 3.55. The Bertz CT molecular complexity index is 531. The van der Waals surface area contributed by atoms with Gasteiger partial charge in [-0.2, -0.15) is 13.2 Å². The molecule has 1 aromatic carbocycles. The van der Waals surface area contributed by atoms with Crippen molar-refractivity contribution in [2.75, 3.05) is 25.5 Å². The Morgan fingerprint density at radius 3 is 2.71 bits per heavy atom. The Hall–Kier alpha value is -1.76. The van der Waals surface area contributed by atoms with Gasteiger partial charge < -0.3 is 15.3 Å². The summed E-state index contributed by atoms with van der Waals surface area (Å²) in [6, 6.07) is 3.33. The molecule has 1 aromatic rings. The van der Waals surface area contributed by atoms with Gasteiger partial charge >= 0.3 is 12.1 Å². The minimum Gasteiger partial charge on any atom is -0.478 e. The molecule has 0 aromatic heterocycles.